The quantitative estimate of drug-likeness (QED) is 0.567. The number of nitrogens with zero attached hydrogens (tertiary/aromatic N) is 2. The fourth-order valence-electron chi connectivity index (χ4n) is 1.49. The number of carbonyl (C=O) groups is 2. The maximum absolute atomic E-state index is 11.6. The number of pyridine rings is 1. The molecule has 2 rings (SSSR count). The molecule has 1 aliphatic heterocycles. The molecule has 1 aromatic rings. The highest BCUT2D eigenvalue weighted by molar-refractivity contribution is 9.10. The Hall–Kier alpha value is -1.56. The van der Waals surface area contributed by atoms with Crippen LogP contribution in [0.1, 0.15) is 6.92 Å². The molecule has 6 heteroatoms. The van der Waals surface area contributed by atoms with Crippen molar-refractivity contribution in [3.8, 4) is 0 Å². The van der Waals surface area contributed by atoms with Crippen molar-refractivity contribution in [2.45, 2.75) is 6.92 Å². The van der Waals surface area contributed by atoms with Gasteiger partial charge in [0.15, 0.2) is 11.4 Å². The van der Waals surface area contributed by atoms with Gasteiger partial charge in [0, 0.05) is 15.9 Å². The second-order valence-corrected chi connectivity index (χ2v) is 4.33. The molecular weight excluding hydrogens is 288 g/mol. The van der Waals surface area contributed by atoms with Crippen LogP contribution in [-0.2, 0) is 14.3 Å². The van der Waals surface area contributed by atoms with E-state index in [9.17, 15) is 9.59 Å². The normalized spacial score (nSPS) is 17.8. The molecule has 0 saturated heterocycles. The van der Waals surface area contributed by atoms with Crippen molar-refractivity contribution >= 4 is 33.9 Å². The molecule has 0 fully saturated rings. The van der Waals surface area contributed by atoms with Gasteiger partial charge in [0.05, 0.1) is 6.61 Å². The molecule has 5 nitrogen and oxygen atoms in total. The van der Waals surface area contributed by atoms with Gasteiger partial charge < -0.3 is 4.74 Å². The predicted octanol–water partition coefficient (Wildman–Crippen LogP) is -0.0363. The molecule has 0 spiro atoms. The van der Waals surface area contributed by atoms with Gasteiger partial charge in [0.1, 0.15) is 0 Å². The van der Waals surface area contributed by atoms with Crippen LogP contribution in [0.2, 0.25) is 0 Å². The number of halogens is 1. The third-order valence-corrected chi connectivity index (χ3v) is 2.66. The molecule has 2 heterocycles. The van der Waals surface area contributed by atoms with Crippen molar-refractivity contribution < 1.29 is 14.3 Å². The fourth-order valence-corrected chi connectivity index (χ4v) is 1.84. The number of fused-ring (bicyclic) bond motifs is 1. The Labute approximate surface area is 105 Å². The number of aromatic nitrogens is 1. The lowest BCUT2D eigenvalue weighted by Crippen LogP contribution is -2.38. The highest BCUT2D eigenvalue weighted by Gasteiger charge is 2.27. The summed E-state index contributed by atoms with van der Waals surface area (Å²) in [5.74, 6) is -2.07. The van der Waals surface area contributed by atoms with Gasteiger partial charge in [-0.25, -0.2) is 4.98 Å². The first-order valence-electron chi connectivity index (χ1n) is 5.04. The first-order valence-corrected chi connectivity index (χ1v) is 5.83. The number of hydrogen-bond donors (Lipinski definition) is 0. The van der Waals surface area contributed by atoms with Crippen LogP contribution in [0.4, 0.5) is 0 Å². The van der Waals surface area contributed by atoms with E-state index in [1.54, 1.807) is 19.2 Å². The number of hydrogen-bond acceptors (Lipinski definition) is 4. The van der Waals surface area contributed by atoms with E-state index in [-0.39, 0.29) is 6.61 Å². The molecule has 0 aliphatic carbocycles. The third-order valence-electron chi connectivity index (χ3n) is 2.23. The molecule has 0 bridgehead atoms. The highest BCUT2D eigenvalue weighted by atomic mass is 79.9. The standard InChI is InChI=1S/C11H9BrN2O3/c1-2-17-11(16)8-4-6-3-7(12)5-13-9(6)14-10(8)15/h3-5,8H,2H2,1H3. The van der Waals surface area contributed by atoms with Crippen LogP contribution in [0.15, 0.2) is 21.7 Å². The van der Waals surface area contributed by atoms with Crippen LogP contribution >= 0.6 is 15.9 Å². The summed E-state index contributed by atoms with van der Waals surface area (Å²) in [6.07, 6.45) is 3.08. The molecule has 1 aliphatic rings. The summed E-state index contributed by atoms with van der Waals surface area (Å²) < 4.78 is 5.58. The van der Waals surface area contributed by atoms with E-state index in [0.29, 0.717) is 10.7 Å². The van der Waals surface area contributed by atoms with Crippen LogP contribution in [-0.4, -0.2) is 23.5 Å². The lowest BCUT2D eigenvalue weighted by atomic mass is 10.1. The Kier molecular flexibility index (Phi) is 3.33. The molecule has 0 saturated carbocycles. The van der Waals surface area contributed by atoms with Crippen LogP contribution in [0.25, 0.3) is 6.08 Å². The molecule has 17 heavy (non-hydrogen) atoms. The number of esters is 1. The Morgan fingerprint density at radius 3 is 3.06 bits per heavy atom. The lowest BCUT2D eigenvalue weighted by Gasteiger charge is -2.10. The minimum atomic E-state index is -0.960. The Morgan fingerprint density at radius 2 is 2.35 bits per heavy atom. The Morgan fingerprint density at radius 1 is 1.59 bits per heavy atom. The first-order chi connectivity index (χ1) is 8.11. The van der Waals surface area contributed by atoms with Gasteiger partial charge in [0.2, 0.25) is 0 Å². The summed E-state index contributed by atoms with van der Waals surface area (Å²) in [7, 11) is 0. The van der Waals surface area contributed by atoms with Crippen molar-refractivity contribution in [3.63, 3.8) is 0 Å². The lowest BCUT2D eigenvalue weighted by molar-refractivity contribution is -0.148. The van der Waals surface area contributed by atoms with Gasteiger partial charge in [-0.15, -0.1) is 0 Å². The number of ether oxygens (including phenoxy) is 1. The zero-order chi connectivity index (χ0) is 12.4. The van der Waals surface area contributed by atoms with Crippen molar-refractivity contribution in [1.29, 1.82) is 0 Å². The van der Waals surface area contributed by atoms with Crippen molar-refractivity contribution in [1.82, 2.24) is 4.98 Å². The van der Waals surface area contributed by atoms with E-state index in [1.165, 1.54) is 6.08 Å². The van der Waals surface area contributed by atoms with E-state index in [4.69, 9.17) is 4.74 Å². The topological polar surface area (TPSA) is 68.6 Å². The third kappa shape index (κ3) is 2.41. The average molecular weight is 297 g/mol. The van der Waals surface area contributed by atoms with Crippen LogP contribution in [0.3, 0.4) is 0 Å². The van der Waals surface area contributed by atoms with Gasteiger partial charge in [-0.05, 0) is 35.0 Å². The first kappa shape index (κ1) is 11.9. The molecule has 1 aromatic heterocycles. The van der Waals surface area contributed by atoms with E-state index in [1.807, 2.05) is 0 Å². The second kappa shape index (κ2) is 4.75. The van der Waals surface area contributed by atoms with E-state index < -0.39 is 17.8 Å². The number of carbonyl (C=O) groups excluding carboxylic acids is 2. The van der Waals surface area contributed by atoms with Gasteiger partial charge in [-0.1, -0.05) is 0 Å². The zero-order valence-corrected chi connectivity index (χ0v) is 10.6. The summed E-state index contributed by atoms with van der Waals surface area (Å²) >= 11 is 3.27. The maximum Gasteiger partial charge on any atom is 0.322 e. The van der Waals surface area contributed by atoms with Gasteiger partial charge in [-0.2, -0.15) is 4.99 Å². The van der Waals surface area contributed by atoms with E-state index >= 15 is 0 Å². The minimum Gasteiger partial charge on any atom is -0.465 e. The van der Waals surface area contributed by atoms with E-state index in [0.717, 1.165) is 4.47 Å². The molecule has 0 N–H and O–H groups in total. The monoisotopic (exact) mass is 296 g/mol. The molecule has 1 atom stereocenters. The van der Waals surface area contributed by atoms with E-state index in [2.05, 4.69) is 25.9 Å². The summed E-state index contributed by atoms with van der Waals surface area (Å²) in [5.41, 5.74) is 0.332. The fraction of sp³-hybridized carbons (Fsp3) is 0.273. The molecule has 0 aromatic carbocycles. The van der Waals surface area contributed by atoms with Gasteiger partial charge in [-0.3, -0.25) is 9.59 Å². The van der Waals surface area contributed by atoms with Crippen molar-refractivity contribution in [2.24, 2.45) is 10.9 Å². The largest absolute Gasteiger partial charge is 0.465 e. The van der Waals surface area contributed by atoms with Crippen LogP contribution in [0.5, 0.6) is 0 Å². The highest BCUT2D eigenvalue weighted by Crippen LogP contribution is 2.08. The SMILES string of the molecule is CCOC(=O)C1C=c2cc(Br)cnc2=NC1=O. The Balaban J connectivity index is 2.48. The summed E-state index contributed by atoms with van der Waals surface area (Å²) in [5, 5.41) is 0.650. The number of amides is 1. The maximum atomic E-state index is 11.6. The molecule has 0 radical (unpaired) electrons. The molecular formula is C11H9BrN2O3. The zero-order valence-electron chi connectivity index (χ0n) is 9.01. The summed E-state index contributed by atoms with van der Waals surface area (Å²) in [6, 6.07) is 1.75. The second-order valence-electron chi connectivity index (χ2n) is 3.41. The smallest absolute Gasteiger partial charge is 0.322 e. The summed E-state index contributed by atoms with van der Waals surface area (Å²) in [6.45, 7) is 1.93. The number of rotatable bonds is 2. The van der Waals surface area contributed by atoms with Crippen molar-refractivity contribution in [3.05, 3.63) is 27.4 Å². The van der Waals surface area contributed by atoms with Gasteiger partial charge >= 0.3 is 5.97 Å². The molecule has 88 valence electrons. The Bertz CT molecular complexity index is 597. The summed E-state index contributed by atoms with van der Waals surface area (Å²) in [4.78, 5) is 30.9. The van der Waals surface area contributed by atoms with Crippen LogP contribution < -0.4 is 10.7 Å². The van der Waals surface area contributed by atoms with Crippen molar-refractivity contribution in [2.75, 3.05) is 6.61 Å². The molecule has 1 amide bonds. The van der Waals surface area contributed by atoms with Gasteiger partial charge in [0.25, 0.3) is 5.91 Å². The molecule has 1 unspecified atom stereocenters. The predicted molar refractivity (Wildman–Crippen MR) is 62.3 cm³/mol. The average Bonchev–Trinajstić information content (AvgIpc) is 2.29. The minimum absolute atomic E-state index is 0.236. The van der Waals surface area contributed by atoms with Crippen LogP contribution in [0, 0.1) is 5.92 Å².